The number of ether oxygens (including phenoxy) is 2. The molecule has 1 saturated carbocycles. The average molecular weight is 298 g/mol. The van der Waals surface area contributed by atoms with E-state index in [2.05, 4.69) is 4.90 Å². The first-order valence-corrected chi connectivity index (χ1v) is 8.18. The summed E-state index contributed by atoms with van der Waals surface area (Å²) in [6.45, 7) is 4.14. The van der Waals surface area contributed by atoms with Gasteiger partial charge in [-0.2, -0.15) is 0 Å². The molecule has 3 atom stereocenters. The van der Waals surface area contributed by atoms with Gasteiger partial charge in [0.15, 0.2) is 0 Å². The Morgan fingerprint density at radius 2 is 2.14 bits per heavy atom. The van der Waals surface area contributed by atoms with Gasteiger partial charge in [-0.05, 0) is 57.0 Å². The maximum atomic E-state index is 12.0. The standard InChI is InChI=1S/C16H30N2O3/c1-20-12-13-5-4-9-18(11-13)10-7-14-6-3-8-16(14,17)15(19)21-2/h13-14H,3-12,17H2,1-2H3. The highest BCUT2D eigenvalue weighted by Gasteiger charge is 2.46. The van der Waals surface area contributed by atoms with Crippen LogP contribution in [0.5, 0.6) is 0 Å². The van der Waals surface area contributed by atoms with Crippen LogP contribution in [0.25, 0.3) is 0 Å². The molecule has 1 saturated heterocycles. The second kappa shape index (κ2) is 7.56. The van der Waals surface area contributed by atoms with Crippen LogP contribution in [0, 0.1) is 11.8 Å². The van der Waals surface area contributed by atoms with E-state index in [9.17, 15) is 4.79 Å². The van der Waals surface area contributed by atoms with E-state index >= 15 is 0 Å². The summed E-state index contributed by atoms with van der Waals surface area (Å²) in [5.41, 5.74) is 5.58. The molecule has 2 N–H and O–H groups in total. The monoisotopic (exact) mass is 298 g/mol. The topological polar surface area (TPSA) is 64.8 Å². The van der Waals surface area contributed by atoms with E-state index in [-0.39, 0.29) is 11.9 Å². The Morgan fingerprint density at radius 3 is 2.86 bits per heavy atom. The van der Waals surface area contributed by atoms with E-state index in [0.29, 0.717) is 5.92 Å². The van der Waals surface area contributed by atoms with Crippen LogP contribution in [-0.2, 0) is 14.3 Å². The van der Waals surface area contributed by atoms with Crippen LogP contribution in [0.4, 0.5) is 0 Å². The highest BCUT2D eigenvalue weighted by atomic mass is 16.5. The van der Waals surface area contributed by atoms with E-state index in [1.807, 2.05) is 0 Å². The third-order valence-corrected chi connectivity index (χ3v) is 5.24. The number of esters is 1. The summed E-state index contributed by atoms with van der Waals surface area (Å²) in [5, 5.41) is 0. The van der Waals surface area contributed by atoms with Crippen molar-refractivity contribution in [1.29, 1.82) is 0 Å². The van der Waals surface area contributed by atoms with Gasteiger partial charge in [0.2, 0.25) is 0 Å². The molecule has 122 valence electrons. The van der Waals surface area contributed by atoms with Gasteiger partial charge in [-0.25, -0.2) is 0 Å². The molecule has 0 amide bonds. The second-order valence-corrected chi connectivity index (χ2v) is 6.67. The van der Waals surface area contributed by atoms with E-state index in [1.165, 1.54) is 20.0 Å². The molecule has 0 spiro atoms. The van der Waals surface area contributed by atoms with E-state index in [0.717, 1.165) is 51.9 Å². The van der Waals surface area contributed by atoms with E-state index in [4.69, 9.17) is 15.2 Å². The lowest BCUT2D eigenvalue weighted by Gasteiger charge is -2.35. The van der Waals surface area contributed by atoms with Crippen LogP contribution in [-0.4, -0.2) is 56.9 Å². The normalized spacial score (nSPS) is 34.0. The molecule has 5 heteroatoms. The molecule has 5 nitrogen and oxygen atoms in total. The van der Waals surface area contributed by atoms with Crippen molar-refractivity contribution < 1.29 is 14.3 Å². The smallest absolute Gasteiger partial charge is 0.326 e. The number of nitrogens with zero attached hydrogens (tertiary/aromatic N) is 1. The third kappa shape index (κ3) is 3.96. The lowest BCUT2D eigenvalue weighted by Crippen LogP contribution is -2.52. The molecule has 0 aromatic rings. The molecular weight excluding hydrogens is 268 g/mol. The minimum atomic E-state index is -0.754. The van der Waals surface area contributed by atoms with Crippen LogP contribution in [0.1, 0.15) is 38.5 Å². The number of nitrogens with two attached hydrogens (primary N) is 1. The Morgan fingerprint density at radius 1 is 1.33 bits per heavy atom. The fourth-order valence-electron chi connectivity index (χ4n) is 4.03. The van der Waals surface area contributed by atoms with Crippen LogP contribution >= 0.6 is 0 Å². The van der Waals surface area contributed by atoms with Crippen molar-refractivity contribution in [2.24, 2.45) is 17.6 Å². The van der Waals surface area contributed by atoms with Crippen molar-refractivity contribution >= 4 is 5.97 Å². The molecule has 0 radical (unpaired) electrons. The minimum absolute atomic E-state index is 0.235. The minimum Gasteiger partial charge on any atom is -0.468 e. The Balaban J connectivity index is 1.83. The number of hydrogen-bond acceptors (Lipinski definition) is 5. The number of carbonyl (C=O) groups is 1. The van der Waals surface area contributed by atoms with Crippen molar-refractivity contribution in [3.8, 4) is 0 Å². The van der Waals surface area contributed by atoms with Gasteiger partial charge in [-0.15, -0.1) is 0 Å². The van der Waals surface area contributed by atoms with Gasteiger partial charge >= 0.3 is 5.97 Å². The van der Waals surface area contributed by atoms with Crippen molar-refractivity contribution in [1.82, 2.24) is 4.90 Å². The van der Waals surface area contributed by atoms with Gasteiger partial charge in [0.25, 0.3) is 0 Å². The van der Waals surface area contributed by atoms with Crippen LogP contribution in [0.3, 0.4) is 0 Å². The first-order chi connectivity index (χ1) is 10.1. The van der Waals surface area contributed by atoms with Crippen LogP contribution in [0.15, 0.2) is 0 Å². The van der Waals surface area contributed by atoms with Crippen LogP contribution in [0.2, 0.25) is 0 Å². The van der Waals surface area contributed by atoms with Gasteiger partial charge in [0, 0.05) is 13.7 Å². The maximum absolute atomic E-state index is 12.0. The Kier molecular flexibility index (Phi) is 6.02. The first kappa shape index (κ1) is 16.7. The zero-order valence-electron chi connectivity index (χ0n) is 13.5. The molecule has 0 aromatic heterocycles. The summed E-state index contributed by atoms with van der Waals surface area (Å²) < 4.78 is 10.2. The number of methoxy groups -OCH3 is 2. The lowest BCUT2D eigenvalue weighted by molar-refractivity contribution is -0.148. The van der Waals surface area contributed by atoms with Crippen molar-refractivity contribution in [2.75, 3.05) is 40.5 Å². The summed E-state index contributed by atoms with van der Waals surface area (Å²) >= 11 is 0. The van der Waals surface area contributed by atoms with E-state index in [1.54, 1.807) is 7.11 Å². The Bertz CT molecular complexity index is 348. The molecule has 2 aliphatic rings. The summed E-state index contributed by atoms with van der Waals surface area (Å²) in [4.78, 5) is 14.5. The van der Waals surface area contributed by atoms with Gasteiger partial charge < -0.3 is 20.1 Å². The fourth-order valence-corrected chi connectivity index (χ4v) is 4.03. The van der Waals surface area contributed by atoms with Gasteiger partial charge in [0.1, 0.15) is 5.54 Å². The first-order valence-electron chi connectivity index (χ1n) is 8.18. The maximum Gasteiger partial charge on any atom is 0.326 e. The molecule has 1 aliphatic heterocycles. The fraction of sp³-hybridized carbons (Fsp3) is 0.938. The molecule has 0 aromatic carbocycles. The van der Waals surface area contributed by atoms with Crippen molar-refractivity contribution in [3.63, 3.8) is 0 Å². The van der Waals surface area contributed by atoms with Crippen molar-refractivity contribution in [2.45, 2.75) is 44.1 Å². The molecule has 3 unspecified atom stereocenters. The number of likely N-dealkylation sites (tertiary alicyclic amines) is 1. The number of piperidine rings is 1. The SMILES string of the molecule is COCC1CCCN(CCC2CCCC2(N)C(=O)OC)C1. The number of rotatable bonds is 6. The predicted molar refractivity (Wildman–Crippen MR) is 81.9 cm³/mol. The summed E-state index contributed by atoms with van der Waals surface area (Å²) in [7, 11) is 3.21. The van der Waals surface area contributed by atoms with Gasteiger partial charge in [-0.1, -0.05) is 6.42 Å². The largest absolute Gasteiger partial charge is 0.468 e. The second-order valence-electron chi connectivity index (χ2n) is 6.67. The number of carbonyl (C=O) groups excluding carboxylic acids is 1. The average Bonchev–Trinajstić information content (AvgIpc) is 2.87. The highest BCUT2D eigenvalue weighted by Crippen LogP contribution is 2.37. The Hall–Kier alpha value is -0.650. The summed E-state index contributed by atoms with van der Waals surface area (Å²) in [6.07, 6.45) is 6.33. The number of hydrogen-bond donors (Lipinski definition) is 1. The highest BCUT2D eigenvalue weighted by molar-refractivity contribution is 5.81. The predicted octanol–water partition coefficient (Wildman–Crippen LogP) is 1.41. The molecule has 1 heterocycles. The molecule has 2 rings (SSSR count). The van der Waals surface area contributed by atoms with Crippen LogP contribution < -0.4 is 5.73 Å². The quantitative estimate of drug-likeness (QED) is 0.751. The summed E-state index contributed by atoms with van der Waals surface area (Å²) in [5.74, 6) is 0.671. The van der Waals surface area contributed by atoms with Crippen molar-refractivity contribution in [3.05, 3.63) is 0 Å². The molecule has 0 bridgehead atoms. The molecule has 2 fully saturated rings. The third-order valence-electron chi connectivity index (χ3n) is 5.24. The molecule has 21 heavy (non-hydrogen) atoms. The Labute approximate surface area is 128 Å². The molecule has 1 aliphatic carbocycles. The lowest BCUT2D eigenvalue weighted by atomic mass is 9.85. The molecular formula is C16H30N2O3. The van der Waals surface area contributed by atoms with E-state index < -0.39 is 5.54 Å². The zero-order chi connectivity index (χ0) is 15.3. The summed E-state index contributed by atoms with van der Waals surface area (Å²) in [6, 6.07) is 0. The van der Waals surface area contributed by atoms with Gasteiger partial charge in [-0.3, -0.25) is 4.79 Å². The zero-order valence-corrected chi connectivity index (χ0v) is 13.5. The van der Waals surface area contributed by atoms with Gasteiger partial charge in [0.05, 0.1) is 13.7 Å².